The van der Waals surface area contributed by atoms with Crippen LogP contribution in [0.1, 0.15) is 5.76 Å². The molecule has 2 aromatic rings. The molecule has 0 aliphatic carbocycles. The topological polar surface area (TPSA) is 71.8 Å². The highest BCUT2D eigenvalue weighted by Gasteiger charge is 2.14. The van der Waals surface area contributed by atoms with Gasteiger partial charge in [-0.25, -0.2) is 0 Å². The van der Waals surface area contributed by atoms with Gasteiger partial charge in [-0.2, -0.15) is 0 Å². The highest BCUT2D eigenvalue weighted by Crippen LogP contribution is 2.27. The number of nitrogens with zero attached hydrogens (tertiary/aromatic N) is 1. The molecule has 0 saturated heterocycles. The van der Waals surface area contributed by atoms with Crippen molar-refractivity contribution in [2.24, 2.45) is 0 Å². The fraction of sp³-hybridized carbons (Fsp3) is 0.250. The first-order valence-electron chi connectivity index (χ1n) is 7.06. The number of benzene rings is 1. The van der Waals surface area contributed by atoms with Crippen molar-refractivity contribution in [3.8, 4) is 5.75 Å². The minimum Gasteiger partial charge on any atom is -0.483 e. The summed E-state index contributed by atoms with van der Waals surface area (Å²) in [4.78, 5) is 25.1. The van der Waals surface area contributed by atoms with Gasteiger partial charge in [-0.15, -0.1) is 0 Å². The van der Waals surface area contributed by atoms with Crippen LogP contribution in [0.2, 0.25) is 5.02 Å². The Morgan fingerprint density at radius 1 is 1.38 bits per heavy atom. The van der Waals surface area contributed by atoms with Gasteiger partial charge in [0.25, 0.3) is 5.91 Å². The van der Waals surface area contributed by atoms with E-state index in [-0.39, 0.29) is 31.5 Å². The summed E-state index contributed by atoms with van der Waals surface area (Å²) in [5.74, 6) is 0.552. The Bertz CT molecular complexity index is 706. The number of rotatable bonds is 7. The first kappa shape index (κ1) is 18.4. The maximum atomic E-state index is 12.0. The Labute approximate surface area is 152 Å². The summed E-state index contributed by atoms with van der Waals surface area (Å²) in [6.45, 7) is 0.0367. The monoisotopic (exact) mass is 414 g/mol. The van der Waals surface area contributed by atoms with Gasteiger partial charge < -0.3 is 19.4 Å². The zero-order valence-corrected chi connectivity index (χ0v) is 15.3. The molecule has 0 aliphatic heterocycles. The zero-order valence-electron chi connectivity index (χ0n) is 12.9. The number of nitrogens with one attached hydrogen (secondary N) is 1. The molecule has 0 atom stereocenters. The molecule has 1 N–H and O–H groups in total. The average molecular weight is 416 g/mol. The van der Waals surface area contributed by atoms with E-state index in [9.17, 15) is 9.59 Å². The number of amides is 2. The number of ether oxygens (including phenoxy) is 1. The van der Waals surface area contributed by atoms with Gasteiger partial charge in [0, 0.05) is 12.1 Å². The first-order chi connectivity index (χ1) is 11.5. The third kappa shape index (κ3) is 5.58. The van der Waals surface area contributed by atoms with Gasteiger partial charge in [0.05, 0.1) is 23.8 Å². The summed E-state index contributed by atoms with van der Waals surface area (Å²) < 4.78 is 11.2. The van der Waals surface area contributed by atoms with Gasteiger partial charge in [0.15, 0.2) is 6.61 Å². The molecule has 24 heavy (non-hydrogen) atoms. The van der Waals surface area contributed by atoms with Gasteiger partial charge in [-0.1, -0.05) is 11.6 Å². The molecule has 1 heterocycles. The van der Waals surface area contributed by atoms with Gasteiger partial charge in [-0.3, -0.25) is 9.59 Å². The van der Waals surface area contributed by atoms with Gasteiger partial charge >= 0.3 is 0 Å². The predicted molar refractivity (Wildman–Crippen MR) is 92.8 cm³/mol. The molecule has 8 heteroatoms. The van der Waals surface area contributed by atoms with Gasteiger partial charge in [-0.05, 0) is 46.3 Å². The second kappa shape index (κ2) is 8.75. The van der Waals surface area contributed by atoms with E-state index in [0.717, 1.165) is 0 Å². The molecule has 0 radical (unpaired) electrons. The molecule has 0 saturated carbocycles. The van der Waals surface area contributed by atoms with Crippen LogP contribution in [0.15, 0.2) is 45.5 Å². The number of furan rings is 1. The van der Waals surface area contributed by atoms with Crippen molar-refractivity contribution in [3.63, 3.8) is 0 Å². The number of likely N-dealkylation sites (N-methyl/N-ethyl adjacent to an activating group) is 1. The Kier molecular flexibility index (Phi) is 6.69. The number of carbonyl (C=O) groups is 2. The fourth-order valence-electron chi connectivity index (χ4n) is 1.80. The zero-order chi connectivity index (χ0) is 17.5. The smallest absolute Gasteiger partial charge is 0.260 e. The van der Waals surface area contributed by atoms with Crippen molar-refractivity contribution < 1.29 is 18.7 Å². The number of hydrogen-bond donors (Lipinski definition) is 1. The van der Waals surface area contributed by atoms with Crippen molar-refractivity contribution in [1.82, 2.24) is 10.2 Å². The molecule has 1 aromatic carbocycles. The highest BCUT2D eigenvalue weighted by atomic mass is 79.9. The van der Waals surface area contributed by atoms with Crippen LogP contribution in [0, 0.1) is 0 Å². The highest BCUT2D eigenvalue weighted by molar-refractivity contribution is 9.10. The van der Waals surface area contributed by atoms with Crippen LogP contribution in [-0.2, 0) is 16.1 Å². The molecule has 1 aromatic heterocycles. The van der Waals surface area contributed by atoms with E-state index >= 15 is 0 Å². The lowest BCUT2D eigenvalue weighted by Gasteiger charge is -2.17. The van der Waals surface area contributed by atoms with Crippen LogP contribution >= 0.6 is 27.5 Å². The Morgan fingerprint density at radius 2 is 2.17 bits per heavy atom. The van der Waals surface area contributed by atoms with E-state index in [2.05, 4.69) is 21.2 Å². The van der Waals surface area contributed by atoms with Crippen LogP contribution < -0.4 is 10.1 Å². The minimum absolute atomic E-state index is 0.0648. The van der Waals surface area contributed by atoms with E-state index in [4.69, 9.17) is 20.8 Å². The van der Waals surface area contributed by atoms with Crippen LogP contribution in [0.25, 0.3) is 0 Å². The van der Waals surface area contributed by atoms with Crippen LogP contribution in [0.3, 0.4) is 0 Å². The molecule has 2 amide bonds. The Morgan fingerprint density at radius 3 is 2.83 bits per heavy atom. The summed E-state index contributed by atoms with van der Waals surface area (Å²) in [6, 6.07) is 8.50. The average Bonchev–Trinajstić information content (AvgIpc) is 3.05. The normalized spacial score (nSPS) is 10.3. The standard InChI is InChI=1S/C16H16BrClN2O4/c1-20(9-15(21)19-8-12-3-2-6-23-12)16(22)10-24-14-5-4-11(18)7-13(14)17/h2-7H,8-10H2,1H3,(H,19,21). The summed E-state index contributed by atoms with van der Waals surface area (Å²) in [7, 11) is 1.54. The van der Waals surface area contributed by atoms with E-state index in [0.29, 0.717) is 21.0 Å². The summed E-state index contributed by atoms with van der Waals surface area (Å²) in [5.41, 5.74) is 0. The third-order valence-corrected chi connectivity index (χ3v) is 3.95. The largest absolute Gasteiger partial charge is 0.483 e. The second-order valence-electron chi connectivity index (χ2n) is 4.97. The minimum atomic E-state index is -0.315. The lowest BCUT2D eigenvalue weighted by atomic mass is 10.3. The molecule has 0 aliphatic rings. The molecule has 0 fully saturated rings. The lowest BCUT2D eigenvalue weighted by molar-refractivity contribution is -0.136. The number of carbonyl (C=O) groups excluding carboxylic acids is 2. The van der Waals surface area contributed by atoms with E-state index in [1.165, 1.54) is 18.2 Å². The number of hydrogen-bond acceptors (Lipinski definition) is 4. The van der Waals surface area contributed by atoms with Crippen LogP contribution in [0.5, 0.6) is 5.75 Å². The number of halogens is 2. The Hall–Kier alpha value is -1.99. The van der Waals surface area contributed by atoms with Crippen molar-refractivity contribution in [2.45, 2.75) is 6.54 Å². The molecule has 0 bridgehead atoms. The molecular weight excluding hydrogens is 400 g/mol. The van der Waals surface area contributed by atoms with E-state index in [1.54, 1.807) is 30.3 Å². The van der Waals surface area contributed by atoms with Crippen molar-refractivity contribution in [1.29, 1.82) is 0 Å². The molecule has 2 rings (SSSR count). The lowest BCUT2D eigenvalue weighted by Crippen LogP contribution is -2.40. The van der Waals surface area contributed by atoms with Crippen LogP contribution in [0.4, 0.5) is 0 Å². The van der Waals surface area contributed by atoms with Crippen LogP contribution in [-0.4, -0.2) is 36.9 Å². The quantitative estimate of drug-likeness (QED) is 0.755. The fourth-order valence-corrected chi connectivity index (χ4v) is 2.60. The molecule has 6 nitrogen and oxygen atoms in total. The van der Waals surface area contributed by atoms with E-state index in [1.807, 2.05) is 0 Å². The maximum absolute atomic E-state index is 12.0. The summed E-state index contributed by atoms with van der Waals surface area (Å²) >= 11 is 9.15. The Balaban J connectivity index is 1.75. The second-order valence-corrected chi connectivity index (χ2v) is 6.26. The molecule has 128 valence electrons. The molecular formula is C16H16BrClN2O4. The van der Waals surface area contributed by atoms with Gasteiger partial charge in [0.1, 0.15) is 11.5 Å². The molecule has 0 unspecified atom stereocenters. The van der Waals surface area contributed by atoms with Crippen molar-refractivity contribution >= 4 is 39.3 Å². The predicted octanol–water partition coefficient (Wildman–Crippen LogP) is 2.85. The third-order valence-electron chi connectivity index (χ3n) is 3.09. The summed E-state index contributed by atoms with van der Waals surface area (Å²) in [6.07, 6.45) is 1.53. The first-order valence-corrected chi connectivity index (χ1v) is 8.23. The van der Waals surface area contributed by atoms with Gasteiger partial charge in [0.2, 0.25) is 5.91 Å². The van der Waals surface area contributed by atoms with E-state index < -0.39 is 0 Å². The maximum Gasteiger partial charge on any atom is 0.260 e. The van der Waals surface area contributed by atoms with Crippen molar-refractivity contribution in [2.75, 3.05) is 20.2 Å². The SMILES string of the molecule is CN(CC(=O)NCc1ccco1)C(=O)COc1ccc(Cl)cc1Br. The summed E-state index contributed by atoms with van der Waals surface area (Å²) in [5, 5.41) is 3.23. The van der Waals surface area contributed by atoms with Crippen molar-refractivity contribution in [3.05, 3.63) is 51.9 Å². The molecule has 0 spiro atoms.